The van der Waals surface area contributed by atoms with Gasteiger partial charge in [0.15, 0.2) is 6.73 Å². The van der Waals surface area contributed by atoms with E-state index in [1.807, 2.05) is 36.4 Å². The molecule has 0 spiro atoms. The van der Waals surface area contributed by atoms with E-state index in [1.54, 1.807) is 6.26 Å². The number of ether oxygens (including phenoxy) is 3. The molecule has 0 saturated carbocycles. The van der Waals surface area contributed by atoms with Gasteiger partial charge in [-0.15, -0.1) is 0 Å². The molecule has 0 saturated heterocycles. The van der Waals surface area contributed by atoms with Crippen LogP contribution < -0.4 is 10.6 Å². The number of anilines is 1. The lowest BCUT2D eigenvalue weighted by Crippen LogP contribution is -2.20. The molecule has 0 aliphatic heterocycles. The monoisotopic (exact) mass is 416 g/mol. The number of rotatable bonds is 13. The van der Waals surface area contributed by atoms with Crippen molar-refractivity contribution < 1.29 is 28.8 Å². The number of amides is 1. The smallest absolute Gasteiger partial charge is 0.406 e. The zero-order valence-electron chi connectivity index (χ0n) is 17.1. The Hall–Kier alpha value is -3.23. The number of carbonyl (C=O) groups is 1. The highest BCUT2D eigenvalue weighted by atomic mass is 17.2. The Bertz CT molecular complexity index is 755. The van der Waals surface area contributed by atoms with Gasteiger partial charge in [-0.25, -0.2) is 14.6 Å². The van der Waals surface area contributed by atoms with Gasteiger partial charge in [-0.2, -0.15) is 0 Å². The minimum atomic E-state index is -0.465. The predicted molar refractivity (Wildman–Crippen MR) is 114 cm³/mol. The lowest BCUT2D eigenvalue weighted by Gasteiger charge is -2.12. The van der Waals surface area contributed by atoms with E-state index < -0.39 is 6.09 Å². The average molecular weight is 416 g/mol. The van der Waals surface area contributed by atoms with Gasteiger partial charge >= 0.3 is 6.09 Å². The SMILES string of the molecule is C=COCCOOCNc1ccc(C2=CCC(=COCCOC(=O)NC)C=C2)cc1. The Balaban J connectivity index is 1.68. The van der Waals surface area contributed by atoms with Crippen molar-refractivity contribution in [3.63, 3.8) is 0 Å². The highest BCUT2D eigenvalue weighted by Gasteiger charge is 2.05. The molecule has 1 aliphatic carbocycles. The molecule has 2 rings (SSSR count). The molecule has 2 N–H and O–H groups in total. The molecule has 0 aromatic heterocycles. The fraction of sp³-hybridized carbons (Fsp3) is 0.318. The summed E-state index contributed by atoms with van der Waals surface area (Å²) >= 11 is 0. The van der Waals surface area contributed by atoms with Crippen LogP contribution in [0.25, 0.3) is 5.57 Å². The first-order valence-electron chi connectivity index (χ1n) is 9.57. The molecule has 0 atom stereocenters. The molecular weight excluding hydrogens is 388 g/mol. The van der Waals surface area contributed by atoms with Gasteiger partial charge in [0.05, 0.1) is 12.5 Å². The van der Waals surface area contributed by atoms with Gasteiger partial charge in [-0.3, -0.25) is 0 Å². The van der Waals surface area contributed by atoms with E-state index >= 15 is 0 Å². The van der Waals surface area contributed by atoms with Crippen molar-refractivity contribution in [3.05, 3.63) is 72.7 Å². The molecule has 0 radical (unpaired) electrons. The second-order valence-corrected chi connectivity index (χ2v) is 6.02. The highest BCUT2D eigenvalue weighted by molar-refractivity contribution is 5.77. The maximum absolute atomic E-state index is 10.9. The van der Waals surface area contributed by atoms with Crippen molar-refractivity contribution in [2.75, 3.05) is 45.5 Å². The highest BCUT2D eigenvalue weighted by Crippen LogP contribution is 2.25. The van der Waals surface area contributed by atoms with Crippen LogP contribution in [0.2, 0.25) is 0 Å². The second-order valence-electron chi connectivity index (χ2n) is 6.02. The average Bonchev–Trinajstić information content (AvgIpc) is 2.79. The number of hydrogen-bond donors (Lipinski definition) is 2. The fourth-order valence-corrected chi connectivity index (χ4v) is 2.44. The van der Waals surface area contributed by atoms with Crippen LogP contribution in [0.3, 0.4) is 0 Å². The Labute approximate surface area is 176 Å². The number of benzene rings is 1. The van der Waals surface area contributed by atoms with Gasteiger partial charge in [-0.1, -0.05) is 36.9 Å². The van der Waals surface area contributed by atoms with Crippen molar-refractivity contribution >= 4 is 17.4 Å². The predicted octanol–water partition coefficient (Wildman–Crippen LogP) is 3.76. The second kappa shape index (κ2) is 13.9. The number of allylic oxidation sites excluding steroid dienone is 5. The summed E-state index contributed by atoms with van der Waals surface area (Å²) in [5, 5.41) is 5.49. The van der Waals surface area contributed by atoms with Gasteiger partial charge in [0.2, 0.25) is 0 Å². The van der Waals surface area contributed by atoms with Gasteiger partial charge < -0.3 is 24.8 Å². The van der Waals surface area contributed by atoms with E-state index in [1.165, 1.54) is 13.3 Å². The van der Waals surface area contributed by atoms with E-state index in [0.29, 0.717) is 19.8 Å². The number of alkyl carbamates (subject to hydrolysis) is 1. The van der Waals surface area contributed by atoms with Crippen LogP contribution in [0.15, 0.2) is 67.2 Å². The minimum Gasteiger partial charge on any atom is -0.499 e. The van der Waals surface area contributed by atoms with Crippen LogP contribution in [0.1, 0.15) is 12.0 Å². The molecule has 0 heterocycles. The molecule has 8 nitrogen and oxygen atoms in total. The summed E-state index contributed by atoms with van der Waals surface area (Å²) in [5.74, 6) is 0. The molecule has 1 aromatic rings. The van der Waals surface area contributed by atoms with Crippen molar-refractivity contribution in [1.29, 1.82) is 0 Å². The van der Waals surface area contributed by atoms with Gasteiger partial charge in [0, 0.05) is 12.7 Å². The zero-order valence-corrected chi connectivity index (χ0v) is 17.1. The number of nitrogens with one attached hydrogen (secondary N) is 2. The Morgan fingerprint density at radius 1 is 1.07 bits per heavy atom. The first-order valence-corrected chi connectivity index (χ1v) is 9.57. The Kier molecular flexibility index (Phi) is 10.7. The summed E-state index contributed by atoms with van der Waals surface area (Å²) in [7, 11) is 1.51. The Morgan fingerprint density at radius 2 is 1.87 bits per heavy atom. The molecule has 0 fully saturated rings. The van der Waals surface area contributed by atoms with Crippen LogP contribution in [0.4, 0.5) is 10.5 Å². The van der Waals surface area contributed by atoms with Crippen molar-refractivity contribution in [2.24, 2.45) is 0 Å². The third-order valence-electron chi connectivity index (χ3n) is 3.95. The van der Waals surface area contributed by atoms with Crippen molar-refractivity contribution in [1.82, 2.24) is 5.32 Å². The van der Waals surface area contributed by atoms with Crippen molar-refractivity contribution in [2.45, 2.75) is 6.42 Å². The van der Waals surface area contributed by atoms with E-state index in [9.17, 15) is 4.79 Å². The molecule has 0 bridgehead atoms. The first kappa shape index (κ1) is 23.1. The van der Waals surface area contributed by atoms with Crippen molar-refractivity contribution in [3.8, 4) is 0 Å². The molecule has 1 aliphatic rings. The third-order valence-corrected chi connectivity index (χ3v) is 3.95. The van der Waals surface area contributed by atoms with Crippen LogP contribution >= 0.6 is 0 Å². The summed E-state index contributed by atoms with van der Waals surface area (Å²) in [6.45, 7) is 4.92. The maximum Gasteiger partial charge on any atom is 0.406 e. The normalized spacial score (nSPS) is 14.0. The number of hydrogen-bond acceptors (Lipinski definition) is 7. The van der Waals surface area contributed by atoms with Crippen LogP contribution in [0, 0.1) is 0 Å². The molecule has 30 heavy (non-hydrogen) atoms. The molecule has 0 unspecified atom stereocenters. The molecular formula is C22H28N2O6. The van der Waals surface area contributed by atoms with E-state index in [4.69, 9.17) is 24.0 Å². The van der Waals surface area contributed by atoms with Gasteiger partial charge in [0.1, 0.15) is 26.4 Å². The summed E-state index contributed by atoms with van der Waals surface area (Å²) in [6.07, 6.45) is 9.55. The van der Waals surface area contributed by atoms with Crippen LogP contribution in [-0.2, 0) is 24.0 Å². The standard InChI is InChI=1S/C22H28N2O6/c1-3-26-13-15-29-30-17-24-21-10-8-20(9-11-21)19-6-4-18(5-7-19)16-27-12-14-28-22(25)23-2/h3-4,6-11,16,24H,1,5,12-15,17H2,2H3,(H,23,25). The van der Waals surface area contributed by atoms with Crippen LogP contribution in [0.5, 0.6) is 0 Å². The number of carbonyl (C=O) groups excluding carboxylic acids is 1. The lowest BCUT2D eigenvalue weighted by atomic mass is 9.97. The summed E-state index contributed by atoms with van der Waals surface area (Å²) in [6, 6.07) is 8.04. The van der Waals surface area contributed by atoms with Gasteiger partial charge in [0.25, 0.3) is 0 Å². The molecule has 162 valence electrons. The quantitative estimate of drug-likeness (QED) is 0.166. The minimum absolute atomic E-state index is 0.204. The van der Waals surface area contributed by atoms with E-state index in [-0.39, 0.29) is 13.3 Å². The molecule has 1 aromatic carbocycles. The summed E-state index contributed by atoms with van der Waals surface area (Å²) in [5.41, 5.74) is 4.24. The maximum atomic E-state index is 10.9. The molecule has 8 heteroatoms. The van der Waals surface area contributed by atoms with Gasteiger partial charge in [-0.05, 0) is 35.3 Å². The largest absolute Gasteiger partial charge is 0.499 e. The van der Waals surface area contributed by atoms with Crippen LogP contribution in [-0.4, -0.2) is 46.3 Å². The van der Waals surface area contributed by atoms with E-state index in [0.717, 1.165) is 28.8 Å². The zero-order chi connectivity index (χ0) is 21.4. The first-order chi connectivity index (χ1) is 14.7. The summed E-state index contributed by atoms with van der Waals surface area (Å²) in [4.78, 5) is 20.9. The van der Waals surface area contributed by atoms with E-state index in [2.05, 4.69) is 23.3 Å². The fourth-order valence-electron chi connectivity index (χ4n) is 2.44. The Morgan fingerprint density at radius 3 is 2.57 bits per heavy atom. The topological polar surface area (TPSA) is 87.3 Å². The molecule has 1 amide bonds. The third kappa shape index (κ3) is 8.85. The summed E-state index contributed by atoms with van der Waals surface area (Å²) < 4.78 is 15.2. The lowest BCUT2D eigenvalue weighted by molar-refractivity contribution is -0.292.